The van der Waals surface area contributed by atoms with Crippen LogP contribution in [0.15, 0.2) is 47.4 Å². The van der Waals surface area contributed by atoms with Gasteiger partial charge in [0.1, 0.15) is 0 Å². The van der Waals surface area contributed by atoms with E-state index in [0.717, 1.165) is 22.2 Å². The van der Waals surface area contributed by atoms with Crippen molar-refractivity contribution >= 4 is 22.2 Å². The summed E-state index contributed by atoms with van der Waals surface area (Å²) in [6, 6.07) is 9.82. The molecular weight excluding hydrogens is 230 g/mol. The van der Waals surface area contributed by atoms with E-state index in [0.29, 0.717) is 0 Å². The molecule has 1 unspecified atom stereocenters. The van der Waals surface area contributed by atoms with Gasteiger partial charge in [0.15, 0.2) is 0 Å². The lowest BCUT2D eigenvalue weighted by atomic mass is 10.0. The molecule has 0 saturated heterocycles. The third kappa shape index (κ3) is 1.81. The zero-order chi connectivity index (χ0) is 11.7. The van der Waals surface area contributed by atoms with Gasteiger partial charge in [0.25, 0.3) is 0 Å². The number of hydrogen-bond donors (Lipinski definition) is 1. The minimum absolute atomic E-state index is 0.208. The summed E-state index contributed by atoms with van der Waals surface area (Å²) in [5, 5.41) is 3.09. The van der Waals surface area contributed by atoms with Crippen molar-refractivity contribution < 1.29 is 0 Å². The molecule has 3 rings (SSSR count). The molecule has 0 aliphatic carbocycles. The molecule has 2 aromatic heterocycles. The molecule has 0 aliphatic heterocycles. The smallest absolute Gasteiger partial charge is 0.0795 e. The predicted molar refractivity (Wildman–Crippen MR) is 69.9 cm³/mol. The van der Waals surface area contributed by atoms with Crippen LogP contribution in [0.3, 0.4) is 0 Å². The van der Waals surface area contributed by atoms with Gasteiger partial charge in [-0.1, -0.05) is 24.3 Å². The maximum absolute atomic E-state index is 6.23. The van der Waals surface area contributed by atoms with Crippen molar-refractivity contribution in [3.63, 3.8) is 0 Å². The summed E-state index contributed by atoms with van der Waals surface area (Å²) < 4.78 is 0. The van der Waals surface area contributed by atoms with Gasteiger partial charge in [0.2, 0.25) is 0 Å². The zero-order valence-electron chi connectivity index (χ0n) is 9.08. The lowest BCUT2D eigenvalue weighted by molar-refractivity contribution is 0.844. The van der Waals surface area contributed by atoms with Crippen LogP contribution in [0, 0.1) is 0 Å². The minimum Gasteiger partial charge on any atom is -0.319 e. The molecule has 0 bridgehead atoms. The first-order valence-corrected chi connectivity index (χ1v) is 6.28. The number of aromatic nitrogens is 2. The molecule has 0 saturated carbocycles. The summed E-state index contributed by atoms with van der Waals surface area (Å²) in [4.78, 5) is 8.67. The fourth-order valence-corrected chi connectivity index (χ4v) is 2.50. The Morgan fingerprint density at radius 3 is 2.82 bits per heavy atom. The van der Waals surface area contributed by atoms with Gasteiger partial charge in [0.05, 0.1) is 22.8 Å². The molecule has 1 aromatic carbocycles. The van der Waals surface area contributed by atoms with Gasteiger partial charge in [-0.2, -0.15) is 0 Å². The number of hydrogen-bond acceptors (Lipinski definition) is 4. The molecule has 3 aromatic rings. The van der Waals surface area contributed by atoms with E-state index in [1.807, 2.05) is 35.7 Å². The van der Waals surface area contributed by atoms with E-state index in [-0.39, 0.29) is 6.04 Å². The fourth-order valence-electron chi connectivity index (χ4n) is 1.91. The Bertz CT molecular complexity index is 629. The number of thiazole rings is 1. The first-order valence-electron chi connectivity index (χ1n) is 5.33. The Balaban J connectivity index is 2.17. The Morgan fingerprint density at radius 1 is 1.12 bits per heavy atom. The normalized spacial score (nSPS) is 12.8. The second-order valence-corrected chi connectivity index (χ2v) is 4.53. The first kappa shape index (κ1) is 10.4. The van der Waals surface area contributed by atoms with E-state index in [1.54, 1.807) is 23.0 Å². The van der Waals surface area contributed by atoms with Gasteiger partial charge in [-0.05, 0) is 6.07 Å². The number of rotatable bonds is 2. The highest BCUT2D eigenvalue weighted by Crippen LogP contribution is 2.25. The number of nitrogens with zero attached hydrogens (tertiary/aromatic N) is 2. The van der Waals surface area contributed by atoms with Gasteiger partial charge in [-0.25, -0.2) is 4.98 Å². The second kappa shape index (κ2) is 4.24. The molecule has 0 spiro atoms. The SMILES string of the molecule is NC(c1cscn1)c1cccc2cccnc12. The van der Waals surface area contributed by atoms with Crippen molar-refractivity contribution in [3.8, 4) is 0 Å². The third-order valence-electron chi connectivity index (χ3n) is 2.77. The van der Waals surface area contributed by atoms with Crippen molar-refractivity contribution in [1.82, 2.24) is 9.97 Å². The number of para-hydroxylation sites is 1. The van der Waals surface area contributed by atoms with Crippen molar-refractivity contribution in [3.05, 3.63) is 58.7 Å². The zero-order valence-corrected chi connectivity index (χ0v) is 9.89. The van der Waals surface area contributed by atoms with Crippen LogP contribution < -0.4 is 5.73 Å². The highest BCUT2D eigenvalue weighted by atomic mass is 32.1. The molecule has 1 atom stereocenters. The Kier molecular flexibility index (Phi) is 2.59. The average molecular weight is 241 g/mol. The number of nitrogens with two attached hydrogens (primary N) is 1. The third-order valence-corrected chi connectivity index (χ3v) is 3.37. The molecule has 4 heteroatoms. The Labute approximate surface area is 103 Å². The molecule has 84 valence electrons. The van der Waals surface area contributed by atoms with Crippen LogP contribution >= 0.6 is 11.3 Å². The Morgan fingerprint density at radius 2 is 2.00 bits per heavy atom. The Hall–Kier alpha value is -1.78. The van der Waals surface area contributed by atoms with Gasteiger partial charge < -0.3 is 5.73 Å². The summed E-state index contributed by atoms with van der Waals surface area (Å²) >= 11 is 1.56. The molecule has 0 aliphatic rings. The summed E-state index contributed by atoms with van der Waals surface area (Å²) in [6.07, 6.45) is 1.79. The van der Waals surface area contributed by atoms with Crippen LogP contribution in [0.1, 0.15) is 17.3 Å². The number of benzene rings is 1. The topological polar surface area (TPSA) is 51.8 Å². The van der Waals surface area contributed by atoms with E-state index in [2.05, 4.69) is 9.97 Å². The maximum atomic E-state index is 6.23. The van der Waals surface area contributed by atoms with Crippen LogP contribution in [0.4, 0.5) is 0 Å². The number of fused-ring (bicyclic) bond motifs is 1. The van der Waals surface area contributed by atoms with Gasteiger partial charge in [-0.15, -0.1) is 11.3 Å². The first-order chi connectivity index (χ1) is 8.36. The van der Waals surface area contributed by atoms with Crippen LogP contribution in [0.5, 0.6) is 0 Å². The molecule has 0 amide bonds. The van der Waals surface area contributed by atoms with Crippen LogP contribution in [0.25, 0.3) is 10.9 Å². The maximum Gasteiger partial charge on any atom is 0.0795 e. The molecule has 3 nitrogen and oxygen atoms in total. The molecule has 17 heavy (non-hydrogen) atoms. The highest BCUT2D eigenvalue weighted by molar-refractivity contribution is 7.07. The van der Waals surface area contributed by atoms with Crippen molar-refractivity contribution in [2.24, 2.45) is 5.73 Å². The molecule has 0 radical (unpaired) electrons. The molecule has 2 N–H and O–H groups in total. The summed E-state index contributed by atoms with van der Waals surface area (Å²) in [7, 11) is 0. The predicted octanol–water partition coefficient (Wildman–Crippen LogP) is 2.74. The van der Waals surface area contributed by atoms with Gasteiger partial charge >= 0.3 is 0 Å². The van der Waals surface area contributed by atoms with E-state index in [1.165, 1.54) is 0 Å². The fraction of sp³-hybridized carbons (Fsp3) is 0.0769. The quantitative estimate of drug-likeness (QED) is 0.750. The van der Waals surface area contributed by atoms with Crippen LogP contribution in [0.2, 0.25) is 0 Å². The lowest BCUT2D eigenvalue weighted by Gasteiger charge is -2.11. The molecular formula is C13H11N3S. The average Bonchev–Trinajstić information content (AvgIpc) is 2.91. The standard InChI is InChI=1S/C13H11N3S/c14-12(11-7-17-8-16-11)10-5-1-3-9-4-2-6-15-13(9)10/h1-8,12H,14H2. The van der Waals surface area contributed by atoms with E-state index in [9.17, 15) is 0 Å². The van der Waals surface area contributed by atoms with Crippen molar-refractivity contribution in [1.29, 1.82) is 0 Å². The van der Waals surface area contributed by atoms with Crippen molar-refractivity contribution in [2.75, 3.05) is 0 Å². The van der Waals surface area contributed by atoms with Crippen LogP contribution in [-0.4, -0.2) is 9.97 Å². The van der Waals surface area contributed by atoms with E-state index < -0.39 is 0 Å². The lowest BCUT2D eigenvalue weighted by Crippen LogP contribution is -2.12. The number of pyridine rings is 1. The minimum atomic E-state index is -0.208. The summed E-state index contributed by atoms with van der Waals surface area (Å²) in [5.41, 5.74) is 10.9. The molecule has 0 fully saturated rings. The van der Waals surface area contributed by atoms with E-state index in [4.69, 9.17) is 5.73 Å². The monoisotopic (exact) mass is 241 g/mol. The molecule has 2 heterocycles. The van der Waals surface area contributed by atoms with E-state index >= 15 is 0 Å². The van der Waals surface area contributed by atoms with Crippen molar-refractivity contribution in [2.45, 2.75) is 6.04 Å². The van der Waals surface area contributed by atoms with Gasteiger partial charge in [0, 0.05) is 22.5 Å². The summed E-state index contributed by atoms with van der Waals surface area (Å²) in [6.45, 7) is 0. The van der Waals surface area contributed by atoms with Gasteiger partial charge in [-0.3, -0.25) is 4.98 Å². The largest absolute Gasteiger partial charge is 0.319 e. The van der Waals surface area contributed by atoms with Crippen LogP contribution in [-0.2, 0) is 0 Å². The second-order valence-electron chi connectivity index (χ2n) is 3.81. The highest BCUT2D eigenvalue weighted by Gasteiger charge is 2.14. The summed E-state index contributed by atoms with van der Waals surface area (Å²) in [5.74, 6) is 0.